The van der Waals surface area contributed by atoms with E-state index in [-0.39, 0.29) is 24.4 Å². The highest BCUT2D eigenvalue weighted by Gasteiger charge is 2.27. The van der Waals surface area contributed by atoms with Gasteiger partial charge in [-0.25, -0.2) is 0 Å². The van der Waals surface area contributed by atoms with Crippen molar-refractivity contribution in [1.29, 1.82) is 0 Å². The highest BCUT2D eigenvalue weighted by Crippen LogP contribution is 2.11. The van der Waals surface area contributed by atoms with Gasteiger partial charge in [-0.15, -0.1) is 0 Å². The number of nitrogens with zero attached hydrogens (tertiary/aromatic N) is 4. The molecule has 206 valence electrons. The molecule has 0 aromatic heterocycles. The Hall–Kier alpha value is -0.320. The van der Waals surface area contributed by atoms with Crippen LogP contribution >= 0.6 is 0 Å². The van der Waals surface area contributed by atoms with Crippen molar-refractivity contribution < 1.29 is 36.9 Å². The Morgan fingerprint density at radius 2 is 0.706 bits per heavy atom. The number of hydrogen-bond acceptors (Lipinski definition) is 4. The van der Waals surface area contributed by atoms with Gasteiger partial charge in [-0.2, -0.15) is 0 Å². The molecule has 0 heterocycles. The highest BCUT2D eigenvalue weighted by molar-refractivity contribution is 4.65. The predicted molar refractivity (Wildman–Crippen MR) is 142 cm³/mol. The molecule has 4 atom stereocenters. The van der Waals surface area contributed by atoms with Crippen molar-refractivity contribution in [3.05, 3.63) is 0 Å². The van der Waals surface area contributed by atoms with Crippen LogP contribution in [0.5, 0.6) is 0 Å². The van der Waals surface area contributed by atoms with Crippen molar-refractivity contribution in [3.63, 3.8) is 0 Å². The lowest BCUT2D eigenvalue weighted by molar-refractivity contribution is -0.876. The molecular formula is C26H62N4O4+4. The van der Waals surface area contributed by atoms with Gasteiger partial charge in [0.1, 0.15) is 50.6 Å². The first-order chi connectivity index (χ1) is 15.2. The molecule has 0 amide bonds. The molecule has 0 saturated heterocycles. The number of ether oxygens (including phenoxy) is 4. The summed E-state index contributed by atoms with van der Waals surface area (Å²) in [6.45, 7) is 7.58. The lowest BCUT2D eigenvalue weighted by atomic mass is 10.2. The third-order valence-corrected chi connectivity index (χ3v) is 5.35. The zero-order valence-electron chi connectivity index (χ0n) is 25.4. The van der Waals surface area contributed by atoms with E-state index in [4.69, 9.17) is 18.9 Å². The minimum absolute atomic E-state index is 0.00620. The van der Waals surface area contributed by atoms with Crippen molar-refractivity contribution in [2.45, 2.75) is 37.8 Å². The molecule has 0 aromatic rings. The van der Waals surface area contributed by atoms with E-state index in [1.54, 1.807) is 7.11 Å². The van der Waals surface area contributed by atoms with E-state index in [1.165, 1.54) is 0 Å². The van der Waals surface area contributed by atoms with Crippen molar-refractivity contribution in [2.75, 3.05) is 138 Å². The average Bonchev–Trinajstić information content (AvgIpc) is 2.61. The van der Waals surface area contributed by atoms with E-state index in [0.29, 0.717) is 19.8 Å². The Balaban J connectivity index is 5.19. The maximum Gasteiger partial charge on any atom is 0.130 e. The van der Waals surface area contributed by atoms with Crippen LogP contribution in [0.15, 0.2) is 0 Å². The van der Waals surface area contributed by atoms with Gasteiger partial charge in [-0.1, -0.05) is 6.92 Å². The summed E-state index contributed by atoms with van der Waals surface area (Å²) in [5, 5.41) is 0. The van der Waals surface area contributed by atoms with E-state index >= 15 is 0 Å². The van der Waals surface area contributed by atoms with Gasteiger partial charge in [-0.05, 0) is 6.42 Å². The first-order valence-electron chi connectivity index (χ1n) is 12.8. The Morgan fingerprint density at radius 3 is 1.00 bits per heavy atom. The summed E-state index contributed by atoms with van der Waals surface area (Å²) in [7, 11) is 28.1. The van der Waals surface area contributed by atoms with E-state index in [9.17, 15) is 0 Å². The molecule has 0 aliphatic rings. The van der Waals surface area contributed by atoms with Crippen molar-refractivity contribution in [2.24, 2.45) is 0 Å². The van der Waals surface area contributed by atoms with E-state index in [1.807, 2.05) is 0 Å². The zero-order chi connectivity index (χ0) is 26.8. The third kappa shape index (κ3) is 19.9. The fraction of sp³-hybridized carbons (Fsp3) is 1.00. The van der Waals surface area contributed by atoms with Gasteiger partial charge in [0.15, 0.2) is 0 Å². The van der Waals surface area contributed by atoms with Gasteiger partial charge in [0.2, 0.25) is 0 Å². The summed E-state index contributed by atoms with van der Waals surface area (Å²) in [6, 6.07) is 0. The summed E-state index contributed by atoms with van der Waals surface area (Å²) < 4.78 is 28.3. The summed E-state index contributed by atoms with van der Waals surface area (Å²) in [5.41, 5.74) is 0. The second-order valence-corrected chi connectivity index (χ2v) is 14.0. The highest BCUT2D eigenvalue weighted by atomic mass is 16.6. The number of quaternary nitrogens is 4. The van der Waals surface area contributed by atoms with Crippen molar-refractivity contribution in [1.82, 2.24) is 0 Å². The van der Waals surface area contributed by atoms with Gasteiger partial charge >= 0.3 is 0 Å². The summed E-state index contributed by atoms with van der Waals surface area (Å²) in [4.78, 5) is 0. The van der Waals surface area contributed by atoms with Crippen LogP contribution in [0.25, 0.3) is 0 Å². The molecule has 0 aliphatic heterocycles. The summed E-state index contributed by atoms with van der Waals surface area (Å²) >= 11 is 0. The second kappa shape index (κ2) is 14.4. The fourth-order valence-corrected chi connectivity index (χ4v) is 3.98. The van der Waals surface area contributed by atoms with Crippen LogP contribution in [-0.2, 0) is 18.9 Å². The van der Waals surface area contributed by atoms with Gasteiger partial charge in [0, 0.05) is 7.11 Å². The molecule has 0 bridgehead atoms. The predicted octanol–water partition coefficient (Wildman–Crippen LogP) is 1.39. The molecule has 8 heteroatoms. The molecule has 0 N–H and O–H groups in total. The molecule has 0 radical (unpaired) electrons. The second-order valence-electron chi connectivity index (χ2n) is 14.0. The van der Waals surface area contributed by atoms with Crippen LogP contribution in [0.4, 0.5) is 0 Å². The number of rotatable bonds is 19. The van der Waals surface area contributed by atoms with Gasteiger partial charge in [0.05, 0.1) is 104 Å². The SMILES string of the molecule is CCC(C[N+](C)(C)C)OCC(C[N+](C)(C)C)OCC(C[N+](C)(C)C)OCC(C[N+](C)(C)C)OC. The topological polar surface area (TPSA) is 36.9 Å². The Labute approximate surface area is 212 Å². The zero-order valence-corrected chi connectivity index (χ0v) is 25.4. The van der Waals surface area contributed by atoms with Crippen LogP contribution in [0, 0.1) is 0 Å². The van der Waals surface area contributed by atoms with Gasteiger partial charge in [-0.3, -0.25) is 0 Å². The van der Waals surface area contributed by atoms with Gasteiger partial charge < -0.3 is 36.9 Å². The number of methoxy groups -OCH3 is 1. The molecule has 0 aromatic carbocycles. The lowest BCUT2D eigenvalue weighted by Gasteiger charge is -2.34. The van der Waals surface area contributed by atoms with Crippen LogP contribution in [0.2, 0.25) is 0 Å². The number of likely N-dealkylation sites (N-methyl/N-ethyl adjacent to an activating group) is 4. The molecular weight excluding hydrogens is 432 g/mol. The van der Waals surface area contributed by atoms with E-state index in [0.717, 1.165) is 50.5 Å². The molecule has 0 saturated carbocycles. The van der Waals surface area contributed by atoms with Crippen LogP contribution in [-0.4, -0.2) is 180 Å². The minimum atomic E-state index is -0.00620. The normalized spacial score (nSPS) is 17.5. The number of hydrogen-bond donors (Lipinski definition) is 0. The Kier molecular flexibility index (Phi) is 14.3. The van der Waals surface area contributed by atoms with Gasteiger partial charge in [0.25, 0.3) is 0 Å². The molecule has 4 unspecified atom stereocenters. The van der Waals surface area contributed by atoms with E-state index < -0.39 is 0 Å². The van der Waals surface area contributed by atoms with Crippen LogP contribution in [0.1, 0.15) is 13.3 Å². The molecule has 8 nitrogen and oxygen atoms in total. The Bertz CT molecular complexity index is 485. The maximum absolute atomic E-state index is 6.49. The lowest BCUT2D eigenvalue weighted by Crippen LogP contribution is -2.49. The fourth-order valence-electron chi connectivity index (χ4n) is 3.98. The third-order valence-electron chi connectivity index (χ3n) is 5.35. The molecule has 0 fully saturated rings. The van der Waals surface area contributed by atoms with E-state index in [2.05, 4.69) is 91.5 Å². The summed E-state index contributed by atoms with van der Waals surface area (Å²) in [6.07, 6.45) is 1.30. The summed E-state index contributed by atoms with van der Waals surface area (Å²) in [5.74, 6) is 0. The first-order valence-corrected chi connectivity index (χ1v) is 12.8. The molecule has 0 rings (SSSR count). The monoisotopic (exact) mass is 494 g/mol. The van der Waals surface area contributed by atoms with Crippen molar-refractivity contribution in [3.8, 4) is 0 Å². The molecule has 34 heavy (non-hydrogen) atoms. The first kappa shape index (κ1) is 33.7. The smallest absolute Gasteiger partial charge is 0.130 e. The standard InChI is InChI=1S/C26H62N4O4/c1-15-23(16-27(2,3)4)32-21-25(18-29(8,9)10)34-22-26(19-30(11,12)13)33-20-24(31-14)17-28(5,6)7/h23-26H,15-22H2,1-14H3/q+4. The van der Waals surface area contributed by atoms with Crippen LogP contribution in [0.3, 0.4) is 0 Å². The minimum Gasteiger partial charge on any atom is -0.373 e. The average molecular weight is 495 g/mol. The van der Waals surface area contributed by atoms with Crippen molar-refractivity contribution >= 4 is 0 Å². The molecule has 0 spiro atoms. The quantitative estimate of drug-likeness (QED) is 0.254. The maximum atomic E-state index is 6.49. The van der Waals surface area contributed by atoms with Crippen LogP contribution < -0.4 is 0 Å². The molecule has 0 aliphatic carbocycles. The Morgan fingerprint density at radius 1 is 0.441 bits per heavy atom. The largest absolute Gasteiger partial charge is 0.373 e.